The van der Waals surface area contributed by atoms with Crippen LogP contribution in [0.15, 0.2) is 72.1 Å². The molecule has 0 bridgehead atoms. The van der Waals surface area contributed by atoms with Crippen LogP contribution in [0.3, 0.4) is 0 Å². The van der Waals surface area contributed by atoms with Gasteiger partial charge in [0.2, 0.25) is 0 Å². The van der Waals surface area contributed by atoms with E-state index in [2.05, 4.69) is 25.3 Å². The van der Waals surface area contributed by atoms with Crippen molar-refractivity contribution in [2.75, 3.05) is 4.72 Å². The lowest BCUT2D eigenvalue weighted by Crippen LogP contribution is -2.12. The van der Waals surface area contributed by atoms with Gasteiger partial charge in [0.15, 0.2) is 0 Å². The molecule has 0 spiro atoms. The van der Waals surface area contributed by atoms with Crippen LogP contribution in [0.25, 0.3) is 11.4 Å². The number of nitrogens with one attached hydrogen (secondary N) is 1. The van der Waals surface area contributed by atoms with Crippen molar-refractivity contribution in [3.8, 4) is 11.4 Å². The minimum Gasteiger partial charge on any atom is -0.280 e. The summed E-state index contributed by atoms with van der Waals surface area (Å²) in [7, 11) is -3.76. The van der Waals surface area contributed by atoms with E-state index < -0.39 is 10.0 Å². The first-order chi connectivity index (χ1) is 13.0. The number of hydrogen-bond donors (Lipinski definition) is 1. The number of nitrogens with zero attached hydrogens (tertiary/aromatic N) is 6. The number of anilines is 1. The summed E-state index contributed by atoms with van der Waals surface area (Å²) in [5, 5.41) is 15.2. The molecule has 136 valence electrons. The SMILES string of the molecule is Cc1cc(NS(=O)(=O)c2cnn(-c3ccccc3)c2)ccc1-n1cnnn1. The monoisotopic (exact) mass is 381 g/mol. The lowest BCUT2D eigenvalue weighted by Gasteiger charge is -2.09. The van der Waals surface area contributed by atoms with Crippen LogP contribution in [0.1, 0.15) is 5.56 Å². The van der Waals surface area contributed by atoms with Gasteiger partial charge in [0.1, 0.15) is 11.2 Å². The summed E-state index contributed by atoms with van der Waals surface area (Å²) in [6.07, 6.45) is 4.27. The quantitative estimate of drug-likeness (QED) is 0.566. The van der Waals surface area contributed by atoms with E-state index >= 15 is 0 Å². The molecule has 0 aliphatic heterocycles. The molecule has 0 aliphatic carbocycles. The Bertz CT molecular complexity index is 1170. The molecule has 0 fully saturated rings. The third kappa shape index (κ3) is 3.42. The van der Waals surface area contributed by atoms with E-state index in [9.17, 15) is 8.42 Å². The van der Waals surface area contributed by atoms with Gasteiger partial charge in [-0.05, 0) is 53.2 Å². The van der Waals surface area contributed by atoms with Gasteiger partial charge in [-0.2, -0.15) is 5.10 Å². The Morgan fingerprint density at radius 2 is 1.85 bits per heavy atom. The first-order valence-electron chi connectivity index (χ1n) is 8.00. The number of rotatable bonds is 5. The largest absolute Gasteiger partial charge is 0.280 e. The van der Waals surface area contributed by atoms with Crippen LogP contribution in [0.5, 0.6) is 0 Å². The molecule has 27 heavy (non-hydrogen) atoms. The summed E-state index contributed by atoms with van der Waals surface area (Å²) in [5.41, 5.74) is 2.81. The van der Waals surface area contributed by atoms with E-state index in [0.29, 0.717) is 5.69 Å². The van der Waals surface area contributed by atoms with Gasteiger partial charge in [0.05, 0.1) is 23.8 Å². The molecule has 4 aromatic rings. The van der Waals surface area contributed by atoms with Gasteiger partial charge in [-0.25, -0.2) is 17.8 Å². The van der Waals surface area contributed by atoms with Crippen LogP contribution in [0.2, 0.25) is 0 Å². The lowest BCUT2D eigenvalue weighted by molar-refractivity contribution is 0.601. The number of aryl methyl sites for hydroxylation is 1. The third-order valence-electron chi connectivity index (χ3n) is 3.93. The van der Waals surface area contributed by atoms with Gasteiger partial charge in [-0.15, -0.1) is 5.10 Å². The van der Waals surface area contributed by atoms with Crippen molar-refractivity contribution < 1.29 is 8.42 Å². The van der Waals surface area contributed by atoms with E-state index in [1.165, 1.54) is 28.1 Å². The average molecular weight is 381 g/mol. The molecule has 0 saturated carbocycles. The van der Waals surface area contributed by atoms with Crippen molar-refractivity contribution in [3.05, 3.63) is 72.8 Å². The summed E-state index contributed by atoms with van der Waals surface area (Å²) in [4.78, 5) is 0.0774. The van der Waals surface area contributed by atoms with Gasteiger partial charge < -0.3 is 0 Å². The first kappa shape index (κ1) is 16.9. The molecular formula is C17H15N7O2S. The maximum atomic E-state index is 12.7. The summed E-state index contributed by atoms with van der Waals surface area (Å²) in [6, 6.07) is 14.4. The molecule has 0 unspecified atom stereocenters. The number of benzene rings is 2. The molecule has 0 saturated heterocycles. The fraction of sp³-hybridized carbons (Fsp3) is 0.0588. The minimum absolute atomic E-state index is 0.0774. The summed E-state index contributed by atoms with van der Waals surface area (Å²) in [5.74, 6) is 0. The Labute approximate surface area is 155 Å². The highest BCUT2D eigenvalue weighted by molar-refractivity contribution is 7.92. The van der Waals surface area contributed by atoms with Crippen molar-refractivity contribution in [2.45, 2.75) is 11.8 Å². The van der Waals surface area contributed by atoms with Crippen LogP contribution >= 0.6 is 0 Å². The maximum absolute atomic E-state index is 12.7. The lowest BCUT2D eigenvalue weighted by atomic mass is 10.2. The molecule has 0 aliphatic rings. The molecule has 2 heterocycles. The molecule has 9 nitrogen and oxygen atoms in total. The topological polar surface area (TPSA) is 108 Å². The van der Waals surface area contributed by atoms with Crippen molar-refractivity contribution in [2.24, 2.45) is 0 Å². The van der Waals surface area contributed by atoms with E-state index in [1.54, 1.807) is 18.2 Å². The number of tetrazole rings is 1. The second kappa shape index (κ2) is 6.65. The average Bonchev–Trinajstić information content (AvgIpc) is 3.35. The number of sulfonamides is 1. The molecule has 2 aromatic carbocycles. The van der Waals surface area contributed by atoms with Gasteiger partial charge in [-0.1, -0.05) is 18.2 Å². The number of aromatic nitrogens is 6. The Hall–Kier alpha value is -3.53. The second-order valence-corrected chi connectivity index (χ2v) is 7.50. The second-order valence-electron chi connectivity index (χ2n) is 5.82. The van der Waals surface area contributed by atoms with E-state index in [0.717, 1.165) is 16.9 Å². The predicted molar refractivity (Wildman–Crippen MR) is 98.3 cm³/mol. The highest BCUT2D eigenvalue weighted by Crippen LogP contribution is 2.21. The highest BCUT2D eigenvalue weighted by Gasteiger charge is 2.17. The van der Waals surface area contributed by atoms with Crippen molar-refractivity contribution in [3.63, 3.8) is 0 Å². The molecule has 2 aromatic heterocycles. The maximum Gasteiger partial charge on any atom is 0.265 e. The first-order valence-corrected chi connectivity index (χ1v) is 9.48. The summed E-state index contributed by atoms with van der Waals surface area (Å²) in [6.45, 7) is 1.85. The van der Waals surface area contributed by atoms with Crippen LogP contribution in [-0.4, -0.2) is 38.4 Å². The summed E-state index contributed by atoms with van der Waals surface area (Å²) < 4.78 is 30.9. The molecule has 0 atom stereocenters. The number of hydrogen-bond acceptors (Lipinski definition) is 6. The Morgan fingerprint density at radius 3 is 2.56 bits per heavy atom. The van der Waals surface area contributed by atoms with Crippen LogP contribution in [0, 0.1) is 6.92 Å². The minimum atomic E-state index is -3.76. The zero-order valence-electron chi connectivity index (χ0n) is 14.3. The van der Waals surface area contributed by atoms with Crippen LogP contribution in [0.4, 0.5) is 5.69 Å². The van der Waals surface area contributed by atoms with E-state index in [-0.39, 0.29) is 4.90 Å². The van der Waals surface area contributed by atoms with Gasteiger partial charge in [0, 0.05) is 5.69 Å². The predicted octanol–water partition coefficient (Wildman–Crippen LogP) is 1.96. The van der Waals surface area contributed by atoms with Crippen LogP contribution < -0.4 is 4.72 Å². The fourth-order valence-corrected chi connectivity index (χ4v) is 3.61. The normalized spacial score (nSPS) is 11.4. The van der Waals surface area contributed by atoms with E-state index in [1.807, 2.05) is 37.3 Å². The summed E-state index contributed by atoms with van der Waals surface area (Å²) >= 11 is 0. The Morgan fingerprint density at radius 1 is 1.04 bits per heavy atom. The van der Waals surface area contributed by atoms with Crippen molar-refractivity contribution in [1.82, 2.24) is 30.0 Å². The molecular weight excluding hydrogens is 366 g/mol. The zero-order valence-corrected chi connectivity index (χ0v) is 15.1. The van der Waals surface area contributed by atoms with Gasteiger partial charge >= 0.3 is 0 Å². The highest BCUT2D eigenvalue weighted by atomic mass is 32.2. The zero-order chi connectivity index (χ0) is 18.9. The molecule has 4 rings (SSSR count). The standard InChI is InChI=1S/C17H15N7O2S/c1-13-9-14(7-8-17(13)24-12-18-21-22-24)20-27(25,26)16-10-19-23(11-16)15-5-3-2-4-6-15/h2-12,20H,1H3. The molecule has 0 amide bonds. The smallest absolute Gasteiger partial charge is 0.265 e. The molecule has 10 heteroatoms. The molecule has 1 N–H and O–H groups in total. The van der Waals surface area contributed by atoms with Gasteiger partial charge in [-0.3, -0.25) is 4.72 Å². The Balaban J connectivity index is 1.59. The molecule has 0 radical (unpaired) electrons. The third-order valence-corrected chi connectivity index (χ3v) is 5.27. The van der Waals surface area contributed by atoms with Crippen molar-refractivity contribution in [1.29, 1.82) is 0 Å². The fourth-order valence-electron chi connectivity index (χ4n) is 2.63. The van der Waals surface area contributed by atoms with Crippen LogP contribution in [-0.2, 0) is 10.0 Å². The number of para-hydroxylation sites is 1. The van der Waals surface area contributed by atoms with Gasteiger partial charge in [0.25, 0.3) is 10.0 Å². The Kier molecular flexibility index (Phi) is 4.16. The van der Waals surface area contributed by atoms with E-state index in [4.69, 9.17) is 0 Å². The van der Waals surface area contributed by atoms with Crippen molar-refractivity contribution >= 4 is 15.7 Å².